The van der Waals surface area contributed by atoms with Gasteiger partial charge in [-0.1, -0.05) is 31.2 Å². The predicted octanol–water partition coefficient (Wildman–Crippen LogP) is 2.90. The van der Waals surface area contributed by atoms with Gasteiger partial charge in [0.1, 0.15) is 0 Å². The van der Waals surface area contributed by atoms with Gasteiger partial charge in [-0.05, 0) is 39.2 Å². The van der Waals surface area contributed by atoms with Crippen LogP contribution in [0.1, 0.15) is 39.7 Å². The Hall–Kier alpha value is -0.683. The molecule has 0 spiro atoms. The van der Waals surface area contributed by atoms with Crippen molar-refractivity contribution in [3.8, 4) is 0 Å². The molecule has 0 amide bonds. The number of hydrogen-bond donors (Lipinski definition) is 0. The fourth-order valence-electron chi connectivity index (χ4n) is 2.00. The second-order valence-electron chi connectivity index (χ2n) is 4.09. The molecule has 1 radical (unpaired) electrons. The van der Waals surface area contributed by atoms with E-state index in [1.165, 1.54) is 5.56 Å². The third kappa shape index (κ3) is 4.42. The van der Waals surface area contributed by atoms with Crippen molar-refractivity contribution in [1.29, 1.82) is 0 Å². The molecule has 0 aliphatic heterocycles. The lowest BCUT2D eigenvalue weighted by Gasteiger charge is -2.28. The van der Waals surface area contributed by atoms with Gasteiger partial charge in [0.25, 0.3) is 0 Å². The zero-order valence-corrected chi connectivity index (χ0v) is 13.4. The van der Waals surface area contributed by atoms with E-state index in [9.17, 15) is 0 Å². The van der Waals surface area contributed by atoms with Crippen molar-refractivity contribution < 1.29 is 13.3 Å². The lowest BCUT2D eigenvalue weighted by molar-refractivity contribution is 0.0859. The molecule has 0 saturated carbocycles. The maximum Gasteiger partial charge on any atom is 0.537 e. The Balaban J connectivity index is 3.00. The van der Waals surface area contributed by atoms with E-state index in [0.717, 1.165) is 11.6 Å². The van der Waals surface area contributed by atoms with Crippen LogP contribution in [-0.2, 0) is 13.3 Å². The van der Waals surface area contributed by atoms with Gasteiger partial charge in [0, 0.05) is 25.0 Å². The minimum Gasteiger partial charge on any atom is -0.370 e. The minimum absolute atomic E-state index is 0.592. The Morgan fingerprint density at radius 3 is 1.68 bits per heavy atom. The Morgan fingerprint density at radius 1 is 0.842 bits per heavy atom. The smallest absolute Gasteiger partial charge is 0.370 e. The largest absolute Gasteiger partial charge is 0.537 e. The molecule has 1 aromatic rings. The van der Waals surface area contributed by atoms with Crippen molar-refractivity contribution in [3.05, 3.63) is 36.2 Å². The summed E-state index contributed by atoms with van der Waals surface area (Å²) in [5.41, 5.74) is 1.22. The zero-order valence-electron chi connectivity index (χ0n) is 12.4. The van der Waals surface area contributed by atoms with Gasteiger partial charge < -0.3 is 13.3 Å². The Labute approximate surface area is 118 Å². The van der Waals surface area contributed by atoms with Crippen LogP contribution in [0.3, 0.4) is 0 Å². The van der Waals surface area contributed by atoms with E-state index in [-0.39, 0.29) is 0 Å². The monoisotopic (exact) mass is 281 g/mol. The van der Waals surface area contributed by atoms with E-state index in [4.69, 9.17) is 13.3 Å². The van der Waals surface area contributed by atoms with Gasteiger partial charge in [-0.15, -0.1) is 0 Å². The summed E-state index contributed by atoms with van der Waals surface area (Å²) in [5.74, 6) is 0. The summed E-state index contributed by atoms with van der Waals surface area (Å²) in [4.78, 5) is 0. The zero-order chi connectivity index (χ0) is 14.1. The van der Waals surface area contributed by atoms with Gasteiger partial charge in [0.05, 0.1) is 0 Å². The van der Waals surface area contributed by atoms with E-state index in [1.54, 1.807) is 0 Å². The molecule has 1 aromatic carbocycles. The molecule has 1 rings (SSSR count). The van der Waals surface area contributed by atoms with Crippen molar-refractivity contribution in [2.45, 2.75) is 34.1 Å². The maximum atomic E-state index is 5.88. The standard InChI is InChI=1S/C15H25O3Si/c1-5-9-14-10-12-15(13-11-14)19(16-6-2,17-7-3)18-8-4/h9-13H,5-8H2,1-4H3. The molecule has 0 fully saturated rings. The summed E-state index contributed by atoms with van der Waals surface area (Å²) in [5, 5.41) is 1.03. The predicted molar refractivity (Wildman–Crippen MR) is 80.4 cm³/mol. The Morgan fingerprint density at radius 2 is 1.32 bits per heavy atom. The summed E-state index contributed by atoms with van der Waals surface area (Å²) < 4.78 is 17.6. The normalized spacial score (nSPS) is 11.8. The Kier molecular flexibility index (Phi) is 7.31. The molecule has 0 unspecified atom stereocenters. The first-order chi connectivity index (χ1) is 9.22. The van der Waals surface area contributed by atoms with Gasteiger partial charge in [-0.3, -0.25) is 0 Å². The Bertz CT molecular complexity index is 334. The molecule has 0 aliphatic rings. The fraction of sp³-hybridized carbons (Fsp3) is 0.533. The van der Waals surface area contributed by atoms with Gasteiger partial charge in [-0.2, -0.15) is 0 Å². The van der Waals surface area contributed by atoms with Crippen LogP contribution in [0.2, 0.25) is 0 Å². The average molecular weight is 281 g/mol. The third-order valence-corrected chi connectivity index (χ3v) is 5.75. The summed E-state index contributed by atoms with van der Waals surface area (Å²) in [6, 6.07) is 8.32. The summed E-state index contributed by atoms with van der Waals surface area (Å²) >= 11 is 0. The fourth-order valence-corrected chi connectivity index (χ4v) is 4.47. The quantitative estimate of drug-likeness (QED) is 0.651. The topological polar surface area (TPSA) is 27.7 Å². The summed E-state index contributed by atoms with van der Waals surface area (Å²) in [6.07, 6.45) is 3.22. The van der Waals surface area contributed by atoms with Gasteiger partial charge in [-0.25, -0.2) is 0 Å². The molecule has 19 heavy (non-hydrogen) atoms. The van der Waals surface area contributed by atoms with Crippen LogP contribution >= 0.6 is 0 Å². The first-order valence-electron chi connectivity index (χ1n) is 7.08. The van der Waals surface area contributed by atoms with Gasteiger partial charge >= 0.3 is 8.80 Å². The van der Waals surface area contributed by atoms with Crippen LogP contribution < -0.4 is 5.19 Å². The van der Waals surface area contributed by atoms with Gasteiger partial charge in [0.15, 0.2) is 0 Å². The number of benzene rings is 1. The highest BCUT2D eigenvalue weighted by molar-refractivity contribution is 6.75. The van der Waals surface area contributed by atoms with Crippen molar-refractivity contribution in [1.82, 2.24) is 0 Å². The molecule has 0 aromatic heterocycles. The SMILES string of the molecule is CC[CH]c1ccc([Si](OCC)(OCC)OCC)cc1. The molecule has 0 atom stereocenters. The van der Waals surface area contributed by atoms with Crippen LogP contribution in [0.4, 0.5) is 0 Å². The van der Waals surface area contributed by atoms with Crippen molar-refractivity contribution in [2.75, 3.05) is 19.8 Å². The molecule has 0 heterocycles. The molecule has 4 heteroatoms. The van der Waals surface area contributed by atoms with E-state index in [1.807, 2.05) is 20.8 Å². The number of hydrogen-bond acceptors (Lipinski definition) is 3. The van der Waals surface area contributed by atoms with E-state index in [2.05, 4.69) is 37.6 Å². The van der Waals surface area contributed by atoms with E-state index >= 15 is 0 Å². The summed E-state index contributed by atoms with van der Waals surface area (Å²) in [6.45, 7) is 9.82. The van der Waals surface area contributed by atoms with Crippen LogP contribution in [0.5, 0.6) is 0 Å². The summed E-state index contributed by atoms with van der Waals surface area (Å²) in [7, 11) is -2.73. The second-order valence-corrected chi connectivity index (χ2v) is 6.65. The van der Waals surface area contributed by atoms with E-state index < -0.39 is 8.80 Å². The maximum absolute atomic E-state index is 5.88. The molecule has 0 bridgehead atoms. The van der Waals surface area contributed by atoms with Crippen LogP contribution in [0.25, 0.3) is 0 Å². The van der Waals surface area contributed by atoms with Crippen molar-refractivity contribution >= 4 is 14.0 Å². The highest BCUT2D eigenvalue weighted by atomic mass is 28.4. The van der Waals surface area contributed by atoms with Gasteiger partial charge in [0.2, 0.25) is 0 Å². The molecular weight excluding hydrogens is 256 g/mol. The second kappa shape index (κ2) is 8.48. The first-order valence-corrected chi connectivity index (χ1v) is 8.80. The minimum atomic E-state index is -2.73. The molecule has 0 aliphatic carbocycles. The third-order valence-electron chi connectivity index (χ3n) is 2.71. The highest BCUT2D eigenvalue weighted by Gasteiger charge is 2.42. The number of rotatable bonds is 9. The molecule has 107 valence electrons. The van der Waals surface area contributed by atoms with Crippen LogP contribution in [-0.4, -0.2) is 28.6 Å². The molecular formula is C15H25O3Si. The lowest BCUT2D eigenvalue weighted by Crippen LogP contribution is -2.56. The average Bonchev–Trinajstić information content (AvgIpc) is 2.41. The van der Waals surface area contributed by atoms with Crippen molar-refractivity contribution in [2.24, 2.45) is 0 Å². The molecule has 0 N–H and O–H groups in total. The van der Waals surface area contributed by atoms with Crippen LogP contribution in [0.15, 0.2) is 24.3 Å². The molecule has 0 saturated heterocycles. The van der Waals surface area contributed by atoms with E-state index in [0.29, 0.717) is 19.8 Å². The van der Waals surface area contributed by atoms with Crippen molar-refractivity contribution in [3.63, 3.8) is 0 Å². The lowest BCUT2D eigenvalue weighted by atomic mass is 10.1. The van der Waals surface area contributed by atoms with Crippen LogP contribution in [0, 0.1) is 6.42 Å². The first kappa shape index (κ1) is 16.4. The molecule has 3 nitrogen and oxygen atoms in total. The highest BCUT2D eigenvalue weighted by Crippen LogP contribution is 2.12.